The summed E-state index contributed by atoms with van der Waals surface area (Å²) >= 11 is 5.87. The summed E-state index contributed by atoms with van der Waals surface area (Å²) < 4.78 is 0. The summed E-state index contributed by atoms with van der Waals surface area (Å²) in [7, 11) is 0. The number of aliphatic imine (C=N–C) groups is 1. The summed E-state index contributed by atoms with van der Waals surface area (Å²) in [6.07, 6.45) is 1.15. The van der Waals surface area contributed by atoms with Gasteiger partial charge in [-0.2, -0.15) is 0 Å². The van der Waals surface area contributed by atoms with Crippen molar-refractivity contribution in [2.24, 2.45) is 10.7 Å². The number of likely N-dealkylation sites (tertiary alicyclic amines) is 1. The SMILES string of the molecule is CCNC(=NCC(O)c1ccc(Cl)cc1)NC1CCN(CC(N)=O)CC1.I. The van der Waals surface area contributed by atoms with Crippen molar-refractivity contribution < 1.29 is 9.90 Å². The molecule has 27 heavy (non-hydrogen) atoms. The fraction of sp³-hybridized carbons (Fsp3) is 0.556. The van der Waals surface area contributed by atoms with Crippen LogP contribution in [0.4, 0.5) is 0 Å². The lowest BCUT2D eigenvalue weighted by molar-refractivity contribution is -0.119. The van der Waals surface area contributed by atoms with Crippen LogP contribution in [0.5, 0.6) is 0 Å². The first kappa shape index (κ1) is 23.9. The molecule has 7 nitrogen and oxygen atoms in total. The van der Waals surface area contributed by atoms with Crippen molar-refractivity contribution in [2.45, 2.75) is 31.9 Å². The van der Waals surface area contributed by atoms with Gasteiger partial charge in [-0.15, -0.1) is 24.0 Å². The molecular formula is C18H29ClIN5O2. The van der Waals surface area contributed by atoms with E-state index in [-0.39, 0.29) is 42.5 Å². The smallest absolute Gasteiger partial charge is 0.231 e. The van der Waals surface area contributed by atoms with Crippen molar-refractivity contribution in [3.8, 4) is 0 Å². The van der Waals surface area contributed by atoms with E-state index in [9.17, 15) is 9.90 Å². The van der Waals surface area contributed by atoms with Gasteiger partial charge in [0.05, 0.1) is 19.2 Å². The van der Waals surface area contributed by atoms with Gasteiger partial charge in [0.1, 0.15) is 0 Å². The fourth-order valence-corrected chi connectivity index (χ4v) is 3.06. The highest BCUT2D eigenvalue weighted by Crippen LogP contribution is 2.16. The Bertz CT molecular complexity index is 606. The van der Waals surface area contributed by atoms with Crippen molar-refractivity contribution >= 4 is 47.4 Å². The van der Waals surface area contributed by atoms with E-state index >= 15 is 0 Å². The van der Waals surface area contributed by atoms with Crippen molar-refractivity contribution in [2.75, 3.05) is 32.7 Å². The van der Waals surface area contributed by atoms with Crippen LogP contribution in [0.15, 0.2) is 29.3 Å². The van der Waals surface area contributed by atoms with Crippen LogP contribution in [0.2, 0.25) is 5.02 Å². The Morgan fingerprint density at radius 2 is 2.00 bits per heavy atom. The highest BCUT2D eigenvalue weighted by atomic mass is 127. The summed E-state index contributed by atoms with van der Waals surface area (Å²) in [5, 5.41) is 17.6. The third-order valence-electron chi connectivity index (χ3n) is 4.33. The number of piperidine rings is 1. The Morgan fingerprint density at radius 1 is 1.37 bits per heavy atom. The number of halogens is 2. The van der Waals surface area contributed by atoms with Crippen molar-refractivity contribution in [3.05, 3.63) is 34.9 Å². The molecule has 0 bridgehead atoms. The van der Waals surface area contributed by atoms with E-state index < -0.39 is 6.10 Å². The summed E-state index contributed by atoms with van der Waals surface area (Å²) in [6.45, 7) is 4.97. The van der Waals surface area contributed by atoms with E-state index in [0.29, 0.717) is 17.5 Å². The zero-order valence-electron chi connectivity index (χ0n) is 15.5. The number of nitrogens with two attached hydrogens (primary N) is 1. The number of aliphatic hydroxyl groups is 1. The van der Waals surface area contributed by atoms with Gasteiger partial charge in [0.2, 0.25) is 5.91 Å². The summed E-state index contributed by atoms with van der Waals surface area (Å²) in [6, 6.07) is 7.40. The van der Waals surface area contributed by atoms with E-state index in [1.54, 1.807) is 24.3 Å². The molecule has 1 aromatic rings. The number of primary amides is 1. The van der Waals surface area contributed by atoms with Crippen LogP contribution in [0, 0.1) is 0 Å². The number of nitrogens with one attached hydrogen (secondary N) is 2. The molecule has 1 fully saturated rings. The number of rotatable bonds is 7. The van der Waals surface area contributed by atoms with Gasteiger partial charge >= 0.3 is 0 Å². The van der Waals surface area contributed by atoms with Crippen molar-refractivity contribution in [1.82, 2.24) is 15.5 Å². The van der Waals surface area contributed by atoms with Gasteiger partial charge in [-0.3, -0.25) is 14.7 Å². The molecule has 0 aromatic heterocycles. The van der Waals surface area contributed by atoms with E-state index in [0.717, 1.165) is 38.0 Å². The maximum absolute atomic E-state index is 11.0. The third-order valence-corrected chi connectivity index (χ3v) is 4.58. The molecule has 5 N–H and O–H groups in total. The molecule has 152 valence electrons. The average Bonchev–Trinajstić information content (AvgIpc) is 2.61. The largest absolute Gasteiger partial charge is 0.386 e. The molecule has 0 aliphatic carbocycles. The predicted molar refractivity (Wildman–Crippen MR) is 120 cm³/mol. The molecule has 2 rings (SSSR count). The maximum Gasteiger partial charge on any atom is 0.231 e. The number of carbonyl (C=O) groups is 1. The molecular weight excluding hydrogens is 481 g/mol. The second-order valence-electron chi connectivity index (χ2n) is 6.45. The second kappa shape index (κ2) is 12.4. The van der Waals surface area contributed by atoms with Crippen LogP contribution >= 0.6 is 35.6 Å². The average molecular weight is 510 g/mol. The van der Waals surface area contributed by atoms with Crippen LogP contribution in [0.1, 0.15) is 31.4 Å². The minimum Gasteiger partial charge on any atom is -0.386 e. The lowest BCUT2D eigenvalue weighted by atomic mass is 10.1. The van der Waals surface area contributed by atoms with E-state index in [2.05, 4.69) is 20.5 Å². The topological polar surface area (TPSA) is 103 Å². The molecule has 1 saturated heterocycles. The van der Waals surface area contributed by atoms with Gasteiger partial charge in [-0.05, 0) is 37.5 Å². The monoisotopic (exact) mass is 509 g/mol. The maximum atomic E-state index is 11.0. The predicted octanol–water partition coefficient (Wildman–Crippen LogP) is 1.50. The normalized spacial score (nSPS) is 17.1. The molecule has 1 aliphatic rings. The van der Waals surface area contributed by atoms with Crippen LogP contribution < -0.4 is 16.4 Å². The van der Waals surface area contributed by atoms with E-state index in [4.69, 9.17) is 17.3 Å². The standard InChI is InChI=1S/C18H28ClN5O2.HI/c1-2-21-18(22-11-16(25)13-3-5-14(19)6-4-13)23-15-7-9-24(10-8-15)12-17(20)26;/h3-6,15-16,25H,2,7-12H2,1H3,(H2,20,26)(H2,21,22,23);1H. The molecule has 1 heterocycles. The van der Waals surface area contributed by atoms with Gasteiger partial charge < -0.3 is 21.5 Å². The van der Waals surface area contributed by atoms with Gasteiger partial charge in [0.25, 0.3) is 0 Å². The molecule has 0 saturated carbocycles. The number of nitrogens with zero attached hydrogens (tertiary/aromatic N) is 2. The fourth-order valence-electron chi connectivity index (χ4n) is 2.94. The highest BCUT2D eigenvalue weighted by molar-refractivity contribution is 14.0. The molecule has 9 heteroatoms. The number of hydrogen-bond acceptors (Lipinski definition) is 4. The number of benzene rings is 1. The van der Waals surface area contributed by atoms with Crippen LogP contribution in [0.25, 0.3) is 0 Å². The minimum atomic E-state index is -0.680. The van der Waals surface area contributed by atoms with Crippen molar-refractivity contribution in [1.29, 1.82) is 0 Å². The Balaban J connectivity index is 0.00000364. The summed E-state index contributed by atoms with van der Waals surface area (Å²) in [4.78, 5) is 17.6. The first-order chi connectivity index (χ1) is 12.5. The third kappa shape index (κ3) is 8.63. The first-order valence-electron chi connectivity index (χ1n) is 8.97. The molecule has 1 aliphatic heterocycles. The van der Waals surface area contributed by atoms with Crippen LogP contribution in [0.3, 0.4) is 0 Å². The van der Waals surface area contributed by atoms with Gasteiger partial charge in [-0.1, -0.05) is 23.7 Å². The van der Waals surface area contributed by atoms with E-state index in [1.165, 1.54) is 0 Å². The number of aliphatic hydroxyl groups excluding tert-OH is 1. The molecule has 1 atom stereocenters. The second-order valence-corrected chi connectivity index (χ2v) is 6.88. The zero-order valence-corrected chi connectivity index (χ0v) is 18.6. The number of carbonyl (C=O) groups excluding carboxylic acids is 1. The van der Waals surface area contributed by atoms with Gasteiger partial charge in [-0.25, -0.2) is 0 Å². The summed E-state index contributed by atoms with van der Waals surface area (Å²) in [5.74, 6) is 0.399. The number of guanidine groups is 1. The Morgan fingerprint density at radius 3 is 2.56 bits per heavy atom. The van der Waals surface area contributed by atoms with Gasteiger partial charge in [0.15, 0.2) is 5.96 Å². The van der Waals surface area contributed by atoms with Crippen LogP contribution in [-0.4, -0.2) is 60.6 Å². The molecule has 1 amide bonds. The number of amides is 1. The van der Waals surface area contributed by atoms with Crippen molar-refractivity contribution in [3.63, 3.8) is 0 Å². The lowest BCUT2D eigenvalue weighted by Crippen LogP contribution is -2.49. The van der Waals surface area contributed by atoms with E-state index in [1.807, 2.05) is 6.92 Å². The zero-order chi connectivity index (χ0) is 18.9. The van der Waals surface area contributed by atoms with Gasteiger partial charge in [0, 0.05) is 30.7 Å². The molecule has 1 unspecified atom stereocenters. The van der Waals surface area contributed by atoms with Crippen LogP contribution in [-0.2, 0) is 4.79 Å². The minimum absolute atomic E-state index is 0. The quantitative estimate of drug-likeness (QED) is 0.253. The first-order valence-corrected chi connectivity index (χ1v) is 9.34. The highest BCUT2D eigenvalue weighted by Gasteiger charge is 2.21. The Hall–Kier alpha value is -1.10. The Kier molecular flexibility index (Phi) is 11.0. The summed E-state index contributed by atoms with van der Waals surface area (Å²) in [5.41, 5.74) is 6.03. The molecule has 0 radical (unpaired) electrons. The lowest BCUT2D eigenvalue weighted by Gasteiger charge is -2.32. The molecule has 1 aromatic carbocycles. The molecule has 0 spiro atoms. The number of hydrogen-bond donors (Lipinski definition) is 4. The Labute approximate surface area is 182 Å².